The predicted octanol–water partition coefficient (Wildman–Crippen LogP) is 5.05. The fraction of sp³-hybridized carbons (Fsp3) is 0.269. The molecular weight excluding hydrogens is 420 g/mol. The van der Waals surface area contributed by atoms with Gasteiger partial charge >= 0.3 is 5.91 Å². The fourth-order valence-electron chi connectivity index (χ4n) is 4.10. The van der Waals surface area contributed by atoms with Gasteiger partial charge in [0.05, 0.1) is 18.7 Å². The van der Waals surface area contributed by atoms with E-state index >= 15 is 0 Å². The van der Waals surface area contributed by atoms with E-state index in [9.17, 15) is 14.7 Å². The van der Waals surface area contributed by atoms with Gasteiger partial charge in [-0.3, -0.25) is 14.5 Å². The van der Waals surface area contributed by atoms with Crippen LogP contribution in [0.2, 0.25) is 0 Å². The molecule has 3 aromatic rings. The van der Waals surface area contributed by atoms with Crippen LogP contribution >= 0.6 is 0 Å². The van der Waals surface area contributed by atoms with Crippen molar-refractivity contribution in [1.82, 2.24) is 5.16 Å². The molecular formula is C26H26N2O5. The molecule has 0 saturated carbocycles. The van der Waals surface area contributed by atoms with E-state index in [2.05, 4.69) is 19.0 Å². The molecule has 7 heteroatoms. The number of ether oxygens (including phenoxy) is 1. The van der Waals surface area contributed by atoms with E-state index in [0.717, 1.165) is 11.1 Å². The Morgan fingerprint density at radius 1 is 1.09 bits per heavy atom. The van der Waals surface area contributed by atoms with E-state index in [0.29, 0.717) is 28.6 Å². The zero-order chi connectivity index (χ0) is 23.9. The number of hydrogen-bond acceptors (Lipinski definition) is 6. The molecule has 0 bridgehead atoms. The van der Waals surface area contributed by atoms with Crippen LogP contribution in [0.5, 0.6) is 5.75 Å². The summed E-state index contributed by atoms with van der Waals surface area (Å²) in [5.74, 6) is -0.0896. The molecule has 4 rings (SSSR count). The maximum absolute atomic E-state index is 13.2. The Labute approximate surface area is 192 Å². The highest BCUT2D eigenvalue weighted by atomic mass is 16.5. The first-order valence-corrected chi connectivity index (χ1v) is 10.7. The van der Waals surface area contributed by atoms with Crippen molar-refractivity contribution in [2.45, 2.75) is 39.7 Å². The third-order valence-corrected chi connectivity index (χ3v) is 5.89. The molecule has 1 N–H and O–H groups in total. The third-order valence-electron chi connectivity index (χ3n) is 5.89. The Bertz CT molecular complexity index is 1250. The van der Waals surface area contributed by atoms with Gasteiger partial charge in [0.1, 0.15) is 17.3 Å². The molecule has 7 nitrogen and oxygen atoms in total. The monoisotopic (exact) mass is 446 g/mol. The number of methoxy groups -OCH3 is 1. The minimum Gasteiger partial charge on any atom is -0.507 e. The lowest BCUT2D eigenvalue weighted by Crippen LogP contribution is -2.29. The summed E-state index contributed by atoms with van der Waals surface area (Å²) >= 11 is 0. The van der Waals surface area contributed by atoms with Crippen LogP contribution in [-0.4, -0.2) is 29.1 Å². The van der Waals surface area contributed by atoms with Gasteiger partial charge in [-0.15, -0.1) is 0 Å². The highest BCUT2D eigenvalue weighted by Crippen LogP contribution is 2.42. The molecule has 1 aliphatic heterocycles. The van der Waals surface area contributed by atoms with Crippen LogP contribution in [0.15, 0.2) is 58.6 Å². The largest absolute Gasteiger partial charge is 0.507 e. The van der Waals surface area contributed by atoms with E-state index in [1.54, 1.807) is 38.3 Å². The summed E-state index contributed by atoms with van der Waals surface area (Å²) < 4.78 is 10.5. The molecule has 1 aromatic heterocycles. The second kappa shape index (κ2) is 8.58. The molecule has 1 saturated heterocycles. The van der Waals surface area contributed by atoms with Gasteiger partial charge in [0.2, 0.25) is 0 Å². The van der Waals surface area contributed by atoms with Crippen molar-refractivity contribution in [2.24, 2.45) is 0 Å². The number of rotatable bonds is 5. The smallest absolute Gasteiger partial charge is 0.301 e. The summed E-state index contributed by atoms with van der Waals surface area (Å²) in [7, 11) is 1.56. The van der Waals surface area contributed by atoms with Crippen molar-refractivity contribution in [3.63, 3.8) is 0 Å². The predicted molar refractivity (Wildman–Crippen MR) is 124 cm³/mol. The lowest BCUT2D eigenvalue weighted by atomic mass is 9.93. The normalized spacial score (nSPS) is 17.8. The Morgan fingerprint density at radius 2 is 1.79 bits per heavy atom. The van der Waals surface area contributed by atoms with E-state index in [4.69, 9.17) is 9.26 Å². The zero-order valence-electron chi connectivity index (χ0n) is 19.2. The van der Waals surface area contributed by atoms with E-state index < -0.39 is 17.7 Å². The van der Waals surface area contributed by atoms with Crippen molar-refractivity contribution in [1.29, 1.82) is 0 Å². The molecule has 2 heterocycles. The van der Waals surface area contributed by atoms with Crippen LogP contribution < -0.4 is 9.64 Å². The molecule has 1 atom stereocenters. The van der Waals surface area contributed by atoms with Gasteiger partial charge in [0, 0.05) is 11.6 Å². The maximum atomic E-state index is 13.2. The van der Waals surface area contributed by atoms with Crippen molar-refractivity contribution < 1.29 is 24.0 Å². The molecule has 33 heavy (non-hydrogen) atoms. The first kappa shape index (κ1) is 22.3. The quantitative estimate of drug-likeness (QED) is 0.335. The van der Waals surface area contributed by atoms with Crippen molar-refractivity contribution in [3.05, 3.63) is 82.1 Å². The van der Waals surface area contributed by atoms with Crippen LogP contribution in [-0.2, 0) is 9.59 Å². The van der Waals surface area contributed by atoms with Gasteiger partial charge in [-0.1, -0.05) is 43.3 Å². The molecule has 0 spiro atoms. The Morgan fingerprint density at radius 3 is 2.33 bits per heavy atom. The molecule has 2 aromatic carbocycles. The first-order valence-electron chi connectivity index (χ1n) is 10.7. The molecule has 0 radical (unpaired) electrons. The number of aliphatic hydroxyl groups is 1. The fourth-order valence-corrected chi connectivity index (χ4v) is 4.10. The van der Waals surface area contributed by atoms with Crippen LogP contribution in [0.4, 0.5) is 5.82 Å². The number of carbonyl (C=O) groups is 2. The Kier molecular flexibility index (Phi) is 5.80. The molecule has 1 amide bonds. The number of carbonyl (C=O) groups excluding carboxylic acids is 2. The second-order valence-electron chi connectivity index (χ2n) is 8.47. The number of aromatic nitrogens is 1. The lowest BCUT2D eigenvalue weighted by Gasteiger charge is -2.23. The molecule has 170 valence electrons. The number of nitrogens with zero attached hydrogens (tertiary/aromatic N) is 2. The van der Waals surface area contributed by atoms with Gasteiger partial charge in [-0.25, -0.2) is 0 Å². The summed E-state index contributed by atoms with van der Waals surface area (Å²) in [5.41, 5.74) is 3.03. The summed E-state index contributed by atoms with van der Waals surface area (Å²) in [6.07, 6.45) is 0. The van der Waals surface area contributed by atoms with Crippen molar-refractivity contribution >= 4 is 23.3 Å². The van der Waals surface area contributed by atoms with Crippen LogP contribution in [0.1, 0.15) is 53.8 Å². The number of amides is 1. The number of Topliss-reactive ketones (excluding diaryl/α,β-unsaturated/α-hetero) is 1. The number of hydrogen-bond donors (Lipinski definition) is 1. The third kappa shape index (κ3) is 3.91. The first-order chi connectivity index (χ1) is 15.7. The Hall–Kier alpha value is -3.87. The van der Waals surface area contributed by atoms with Crippen molar-refractivity contribution in [2.75, 3.05) is 12.0 Å². The van der Waals surface area contributed by atoms with Crippen LogP contribution in [0.3, 0.4) is 0 Å². The van der Waals surface area contributed by atoms with E-state index in [-0.39, 0.29) is 17.2 Å². The maximum Gasteiger partial charge on any atom is 0.301 e. The van der Waals surface area contributed by atoms with Gasteiger partial charge < -0.3 is 14.4 Å². The number of anilines is 1. The minimum atomic E-state index is -0.849. The Balaban J connectivity index is 1.91. The average molecular weight is 447 g/mol. The number of aliphatic hydroxyl groups excluding tert-OH is 1. The molecule has 1 aliphatic rings. The number of benzene rings is 2. The van der Waals surface area contributed by atoms with E-state index in [1.165, 1.54) is 4.90 Å². The molecule has 1 fully saturated rings. The summed E-state index contributed by atoms with van der Waals surface area (Å²) in [4.78, 5) is 27.6. The second-order valence-corrected chi connectivity index (χ2v) is 8.47. The zero-order valence-corrected chi connectivity index (χ0v) is 19.2. The summed E-state index contributed by atoms with van der Waals surface area (Å²) in [6, 6.07) is 13.5. The topological polar surface area (TPSA) is 92.9 Å². The molecule has 0 aliphatic carbocycles. The lowest BCUT2D eigenvalue weighted by molar-refractivity contribution is -0.132. The number of aryl methyl sites for hydroxylation is 2. The highest BCUT2D eigenvalue weighted by molar-refractivity contribution is 6.51. The van der Waals surface area contributed by atoms with Crippen LogP contribution in [0, 0.1) is 13.8 Å². The summed E-state index contributed by atoms with van der Waals surface area (Å²) in [6.45, 7) is 7.73. The summed E-state index contributed by atoms with van der Waals surface area (Å²) in [5, 5.41) is 15.2. The SMILES string of the molecule is COc1ccc(/C(O)=C2\C(=O)C(=O)N(c3cc(C)on3)[C@@H]2c2ccc(C(C)C)cc2)cc1C. The van der Waals surface area contributed by atoms with E-state index in [1.807, 2.05) is 31.2 Å². The molecule has 0 unspecified atom stereocenters. The highest BCUT2D eigenvalue weighted by Gasteiger charge is 2.48. The van der Waals surface area contributed by atoms with Gasteiger partial charge in [0.15, 0.2) is 5.82 Å². The van der Waals surface area contributed by atoms with Gasteiger partial charge in [0.25, 0.3) is 5.78 Å². The van der Waals surface area contributed by atoms with Crippen LogP contribution in [0.25, 0.3) is 5.76 Å². The number of ketones is 1. The standard InChI is InChI=1S/C26H26N2O5/c1-14(2)17-6-8-18(9-7-17)23-22(24(29)19-10-11-20(32-5)15(3)12-19)25(30)26(31)28(23)21-13-16(4)33-27-21/h6-14,23,29H,1-5H3/b24-22+/t23-/m1/s1. The van der Waals surface area contributed by atoms with Gasteiger partial charge in [-0.05, 0) is 54.7 Å². The average Bonchev–Trinajstić information content (AvgIpc) is 3.34. The minimum absolute atomic E-state index is 0.00233. The van der Waals surface area contributed by atoms with Gasteiger partial charge in [-0.2, -0.15) is 0 Å². The van der Waals surface area contributed by atoms with Crippen molar-refractivity contribution in [3.8, 4) is 5.75 Å².